The predicted molar refractivity (Wildman–Crippen MR) is 77.6 cm³/mol. The van der Waals surface area contributed by atoms with Gasteiger partial charge in [-0.1, -0.05) is 6.07 Å². The van der Waals surface area contributed by atoms with Crippen molar-refractivity contribution in [3.63, 3.8) is 0 Å². The van der Waals surface area contributed by atoms with Crippen LogP contribution in [0.3, 0.4) is 0 Å². The summed E-state index contributed by atoms with van der Waals surface area (Å²) in [6.45, 7) is 3.32. The highest BCUT2D eigenvalue weighted by Gasteiger charge is 2.11. The number of nitrogens with one attached hydrogen (secondary N) is 1. The number of thiophene rings is 1. The highest BCUT2D eigenvalue weighted by Crippen LogP contribution is 2.17. The van der Waals surface area contributed by atoms with Gasteiger partial charge in [0.25, 0.3) is 5.91 Å². The summed E-state index contributed by atoms with van der Waals surface area (Å²) < 4.78 is 9.31. The molecule has 7 heteroatoms. The molecule has 0 bridgehead atoms. The van der Waals surface area contributed by atoms with E-state index >= 15 is 0 Å². The summed E-state index contributed by atoms with van der Waals surface area (Å²) in [5, 5.41) is 4.62. The molecular weight excluding hydrogens is 294 g/mol. The molecule has 0 unspecified atom stereocenters. The van der Waals surface area contributed by atoms with Gasteiger partial charge < -0.3 is 14.8 Å². The summed E-state index contributed by atoms with van der Waals surface area (Å²) in [5.74, 6) is -1.82. The predicted octanol–water partition coefficient (Wildman–Crippen LogP) is 1.59. The second-order valence-electron chi connectivity index (χ2n) is 4.00. The summed E-state index contributed by atoms with van der Waals surface area (Å²) in [6, 6.07) is 3.65. The van der Waals surface area contributed by atoms with Crippen LogP contribution in [0.5, 0.6) is 0 Å². The number of esters is 2. The molecule has 0 spiro atoms. The number of hydrogen-bond acceptors (Lipinski definition) is 6. The lowest BCUT2D eigenvalue weighted by molar-refractivity contribution is -0.144. The number of carbonyl (C=O) groups excluding carboxylic acids is 3. The summed E-state index contributed by atoms with van der Waals surface area (Å²) >= 11 is 1.53. The normalized spacial score (nSPS) is 11.9. The Hall–Kier alpha value is -2.15. The van der Waals surface area contributed by atoms with Crippen molar-refractivity contribution in [3.05, 3.63) is 34.5 Å². The van der Waals surface area contributed by atoms with Crippen LogP contribution in [-0.2, 0) is 23.9 Å². The molecule has 1 aromatic rings. The van der Waals surface area contributed by atoms with Crippen LogP contribution >= 0.6 is 11.3 Å². The number of hydrogen-bond donors (Lipinski definition) is 1. The van der Waals surface area contributed by atoms with Crippen LogP contribution in [0.15, 0.2) is 29.7 Å². The fourth-order valence-electron chi connectivity index (χ4n) is 1.40. The maximum Gasteiger partial charge on any atom is 0.331 e. The van der Waals surface area contributed by atoms with Crippen LogP contribution < -0.4 is 5.32 Å². The minimum atomic E-state index is -0.776. The van der Waals surface area contributed by atoms with E-state index < -0.39 is 24.5 Å². The first-order valence-electron chi connectivity index (χ1n) is 6.37. The lowest BCUT2D eigenvalue weighted by Crippen LogP contribution is -2.30. The topological polar surface area (TPSA) is 81.7 Å². The van der Waals surface area contributed by atoms with Crippen LogP contribution in [0.2, 0.25) is 0 Å². The van der Waals surface area contributed by atoms with Gasteiger partial charge >= 0.3 is 11.9 Å². The molecule has 0 saturated heterocycles. The van der Waals surface area contributed by atoms with E-state index in [1.54, 1.807) is 6.92 Å². The fourth-order valence-corrected chi connectivity index (χ4v) is 2.14. The number of rotatable bonds is 7. The third-order valence-electron chi connectivity index (χ3n) is 2.34. The second-order valence-corrected chi connectivity index (χ2v) is 4.98. The molecule has 1 atom stereocenters. The van der Waals surface area contributed by atoms with Crippen LogP contribution in [0, 0.1) is 0 Å². The van der Waals surface area contributed by atoms with E-state index in [1.165, 1.54) is 11.3 Å². The fraction of sp³-hybridized carbons (Fsp3) is 0.357. The standard InChI is InChI=1S/C14H17NO5S/c1-3-19-13(17)6-7-14(18)20-9-12(16)15-10(2)11-5-4-8-21-11/h4-8,10H,3,9H2,1-2H3,(H,15,16)/b7-6+/t10-/m0/s1. The van der Waals surface area contributed by atoms with E-state index in [0.29, 0.717) is 0 Å². The third-order valence-corrected chi connectivity index (χ3v) is 3.39. The van der Waals surface area contributed by atoms with Crippen molar-refractivity contribution >= 4 is 29.2 Å². The molecule has 1 rings (SSSR count). The molecule has 0 aromatic carbocycles. The monoisotopic (exact) mass is 311 g/mol. The highest BCUT2D eigenvalue weighted by molar-refractivity contribution is 7.10. The Bertz CT molecular complexity index is 509. The van der Waals surface area contributed by atoms with Crippen LogP contribution in [0.25, 0.3) is 0 Å². The number of ether oxygens (including phenoxy) is 2. The van der Waals surface area contributed by atoms with Gasteiger partial charge in [0, 0.05) is 17.0 Å². The summed E-state index contributed by atoms with van der Waals surface area (Å²) in [6.07, 6.45) is 1.88. The van der Waals surface area contributed by atoms with Gasteiger partial charge in [-0.3, -0.25) is 4.79 Å². The molecule has 21 heavy (non-hydrogen) atoms. The molecule has 1 aromatic heterocycles. The minimum absolute atomic E-state index is 0.147. The zero-order valence-electron chi connectivity index (χ0n) is 11.8. The van der Waals surface area contributed by atoms with Crippen LogP contribution in [-0.4, -0.2) is 31.1 Å². The molecule has 1 N–H and O–H groups in total. The molecule has 0 aliphatic carbocycles. The molecule has 1 amide bonds. The van der Waals surface area contributed by atoms with E-state index in [0.717, 1.165) is 17.0 Å². The van der Waals surface area contributed by atoms with Gasteiger partial charge in [-0.25, -0.2) is 9.59 Å². The molecular formula is C14H17NO5S. The van der Waals surface area contributed by atoms with Gasteiger partial charge in [0.05, 0.1) is 12.6 Å². The Balaban J connectivity index is 2.29. The lowest BCUT2D eigenvalue weighted by atomic mass is 10.3. The Morgan fingerprint density at radius 3 is 2.52 bits per heavy atom. The zero-order valence-corrected chi connectivity index (χ0v) is 12.6. The van der Waals surface area contributed by atoms with Crippen molar-refractivity contribution < 1.29 is 23.9 Å². The van der Waals surface area contributed by atoms with Gasteiger partial charge in [0.1, 0.15) is 0 Å². The maximum atomic E-state index is 11.6. The van der Waals surface area contributed by atoms with E-state index in [1.807, 2.05) is 24.4 Å². The molecule has 1 heterocycles. The quantitative estimate of drug-likeness (QED) is 0.611. The Morgan fingerprint density at radius 1 is 1.29 bits per heavy atom. The molecule has 0 radical (unpaired) electrons. The number of carbonyl (C=O) groups is 3. The Morgan fingerprint density at radius 2 is 1.95 bits per heavy atom. The van der Waals surface area contributed by atoms with E-state index in [9.17, 15) is 14.4 Å². The minimum Gasteiger partial charge on any atom is -0.463 e. The highest BCUT2D eigenvalue weighted by atomic mass is 32.1. The molecule has 0 fully saturated rings. The third kappa shape index (κ3) is 6.71. The Kier molecular flexibility index (Phi) is 7.17. The number of amides is 1. The average molecular weight is 311 g/mol. The molecule has 6 nitrogen and oxygen atoms in total. The molecule has 0 saturated carbocycles. The largest absolute Gasteiger partial charge is 0.463 e. The van der Waals surface area contributed by atoms with Crippen LogP contribution in [0.4, 0.5) is 0 Å². The molecule has 0 aliphatic heterocycles. The van der Waals surface area contributed by atoms with E-state index in [2.05, 4.69) is 10.1 Å². The smallest absolute Gasteiger partial charge is 0.331 e. The van der Waals surface area contributed by atoms with Gasteiger partial charge in [0.15, 0.2) is 6.61 Å². The summed E-state index contributed by atoms with van der Waals surface area (Å²) in [5.41, 5.74) is 0. The van der Waals surface area contributed by atoms with Crippen molar-refractivity contribution in [1.82, 2.24) is 5.32 Å². The molecule has 0 aliphatic rings. The second kappa shape index (κ2) is 8.91. The van der Waals surface area contributed by atoms with Gasteiger partial charge in [0.2, 0.25) is 0 Å². The Labute approximate surface area is 126 Å². The van der Waals surface area contributed by atoms with Crippen molar-refractivity contribution in [2.75, 3.05) is 13.2 Å². The summed E-state index contributed by atoms with van der Waals surface area (Å²) in [4.78, 5) is 34.8. The van der Waals surface area contributed by atoms with E-state index in [-0.39, 0.29) is 12.6 Å². The van der Waals surface area contributed by atoms with Crippen LogP contribution in [0.1, 0.15) is 24.8 Å². The lowest BCUT2D eigenvalue weighted by Gasteiger charge is -2.11. The van der Waals surface area contributed by atoms with Crippen molar-refractivity contribution in [2.24, 2.45) is 0 Å². The first-order valence-corrected chi connectivity index (χ1v) is 7.25. The van der Waals surface area contributed by atoms with Gasteiger partial charge in [-0.05, 0) is 25.3 Å². The first kappa shape index (κ1) is 16.9. The van der Waals surface area contributed by atoms with Gasteiger partial charge in [-0.2, -0.15) is 0 Å². The zero-order chi connectivity index (χ0) is 15.7. The first-order chi connectivity index (χ1) is 10.0. The van der Waals surface area contributed by atoms with Crippen molar-refractivity contribution in [2.45, 2.75) is 19.9 Å². The SMILES string of the molecule is CCOC(=O)/C=C/C(=O)OCC(=O)N[C@@H](C)c1cccs1. The van der Waals surface area contributed by atoms with Crippen molar-refractivity contribution in [3.8, 4) is 0 Å². The maximum absolute atomic E-state index is 11.6. The van der Waals surface area contributed by atoms with Crippen molar-refractivity contribution in [1.29, 1.82) is 0 Å². The average Bonchev–Trinajstić information content (AvgIpc) is 2.97. The van der Waals surface area contributed by atoms with E-state index in [4.69, 9.17) is 4.74 Å². The molecule has 114 valence electrons. The summed E-state index contributed by atoms with van der Waals surface area (Å²) in [7, 11) is 0. The van der Waals surface area contributed by atoms with Gasteiger partial charge in [-0.15, -0.1) is 11.3 Å².